The summed E-state index contributed by atoms with van der Waals surface area (Å²) in [5.41, 5.74) is 1.29. The molecule has 1 unspecified atom stereocenters. The van der Waals surface area contributed by atoms with E-state index < -0.39 is 0 Å². The molecule has 0 amide bonds. The average molecular weight is 249 g/mol. The van der Waals surface area contributed by atoms with E-state index in [1.54, 1.807) is 6.07 Å². The SMILES string of the molecule is CC(NC(C)(C)CC(C)(C)C)c1ccccc1O. The van der Waals surface area contributed by atoms with Gasteiger partial charge in [-0.1, -0.05) is 39.0 Å². The number of phenolic OH excluding ortho intramolecular Hbond substituents is 1. The van der Waals surface area contributed by atoms with E-state index in [0.717, 1.165) is 12.0 Å². The lowest BCUT2D eigenvalue weighted by molar-refractivity contribution is 0.226. The highest BCUT2D eigenvalue weighted by Crippen LogP contribution is 2.30. The first-order chi connectivity index (χ1) is 8.11. The number of para-hydroxylation sites is 1. The van der Waals surface area contributed by atoms with Crippen molar-refractivity contribution < 1.29 is 5.11 Å². The number of hydrogen-bond acceptors (Lipinski definition) is 2. The normalized spacial score (nSPS) is 14.6. The minimum atomic E-state index is 0.0416. The number of benzene rings is 1. The molecule has 0 aromatic heterocycles. The van der Waals surface area contributed by atoms with Crippen molar-refractivity contribution in [2.24, 2.45) is 5.41 Å². The Hall–Kier alpha value is -1.02. The molecule has 1 rings (SSSR count). The van der Waals surface area contributed by atoms with Crippen LogP contribution in [0.3, 0.4) is 0 Å². The fourth-order valence-electron chi connectivity index (χ4n) is 2.89. The quantitative estimate of drug-likeness (QED) is 0.835. The van der Waals surface area contributed by atoms with Gasteiger partial charge in [0, 0.05) is 17.1 Å². The van der Waals surface area contributed by atoms with Gasteiger partial charge in [-0.3, -0.25) is 0 Å². The van der Waals surface area contributed by atoms with Gasteiger partial charge in [0.05, 0.1) is 0 Å². The minimum Gasteiger partial charge on any atom is -0.508 e. The van der Waals surface area contributed by atoms with Crippen molar-refractivity contribution in [2.45, 2.75) is 59.5 Å². The summed E-state index contributed by atoms with van der Waals surface area (Å²) in [6.45, 7) is 13.3. The highest BCUT2D eigenvalue weighted by Gasteiger charge is 2.27. The summed E-state index contributed by atoms with van der Waals surface area (Å²) in [7, 11) is 0. The number of hydrogen-bond donors (Lipinski definition) is 2. The molecule has 0 fully saturated rings. The van der Waals surface area contributed by atoms with Crippen molar-refractivity contribution in [3.05, 3.63) is 29.8 Å². The Morgan fingerprint density at radius 2 is 1.67 bits per heavy atom. The third kappa shape index (κ3) is 4.69. The predicted molar refractivity (Wildman–Crippen MR) is 77.8 cm³/mol. The van der Waals surface area contributed by atoms with E-state index in [9.17, 15) is 5.11 Å². The predicted octanol–water partition coefficient (Wildman–Crippen LogP) is 4.26. The molecule has 2 nitrogen and oxygen atoms in total. The summed E-state index contributed by atoms with van der Waals surface area (Å²) in [6, 6.07) is 7.67. The molecule has 1 atom stereocenters. The number of aromatic hydroxyl groups is 1. The fraction of sp³-hybridized carbons (Fsp3) is 0.625. The second-order valence-corrected chi connectivity index (χ2v) is 7.05. The topological polar surface area (TPSA) is 32.3 Å². The van der Waals surface area contributed by atoms with Crippen molar-refractivity contribution in [2.75, 3.05) is 0 Å². The van der Waals surface area contributed by atoms with Gasteiger partial charge in [-0.25, -0.2) is 0 Å². The zero-order chi connectivity index (χ0) is 14.0. The van der Waals surface area contributed by atoms with Crippen LogP contribution in [0, 0.1) is 5.41 Å². The van der Waals surface area contributed by atoms with Gasteiger partial charge in [0.25, 0.3) is 0 Å². The Morgan fingerprint density at radius 1 is 1.11 bits per heavy atom. The van der Waals surface area contributed by atoms with Gasteiger partial charge in [-0.2, -0.15) is 0 Å². The van der Waals surface area contributed by atoms with Crippen molar-refractivity contribution in [3.63, 3.8) is 0 Å². The number of phenols is 1. The smallest absolute Gasteiger partial charge is 0.120 e. The summed E-state index contributed by atoms with van der Waals surface area (Å²) in [4.78, 5) is 0. The van der Waals surface area contributed by atoms with E-state index in [1.807, 2.05) is 18.2 Å². The second-order valence-electron chi connectivity index (χ2n) is 7.05. The van der Waals surface area contributed by atoms with Gasteiger partial charge in [0.2, 0.25) is 0 Å². The van der Waals surface area contributed by atoms with Crippen LogP contribution >= 0.6 is 0 Å². The van der Waals surface area contributed by atoms with Crippen LogP contribution in [0.5, 0.6) is 5.75 Å². The molecule has 0 radical (unpaired) electrons. The Morgan fingerprint density at radius 3 is 2.17 bits per heavy atom. The zero-order valence-electron chi connectivity index (χ0n) is 12.5. The van der Waals surface area contributed by atoms with Crippen LogP contribution in [0.1, 0.15) is 59.6 Å². The van der Waals surface area contributed by atoms with Gasteiger partial charge in [0.1, 0.15) is 5.75 Å². The molecule has 0 heterocycles. The summed E-state index contributed by atoms with van der Waals surface area (Å²) in [5.74, 6) is 0.365. The lowest BCUT2D eigenvalue weighted by atomic mass is 9.81. The van der Waals surface area contributed by atoms with E-state index in [4.69, 9.17) is 0 Å². The first-order valence-corrected chi connectivity index (χ1v) is 6.66. The van der Waals surface area contributed by atoms with Crippen LogP contribution < -0.4 is 5.32 Å². The van der Waals surface area contributed by atoms with E-state index in [1.165, 1.54) is 0 Å². The molecule has 0 bridgehead atoms. The Kier molecular flexibility index (Phi) is 4.44. The van der Waals surface area contributed by atoms with Crippen LogP contribution in [0.15, 0.2) is 24.3 Å². The van der Waals surface area contributed by atoms with E-state index in [2.05, 4.69) is 46.9 Å². The van der Waals surface area contributed by atoms with Gasteiger partial charge < -0.3 is 10.4 Å². The maximum Gasteiger partial charge on any atom is 0.120 e. The van der Waals surface area contributed by atoms with Gasteiger partial charge in [-0.15, -0.1) is 0 Å². The second kappa shape index (κ2) is 5.31. The fourth-order valence-corrected chi connectivity index (χ4v) is 2.89. The van der Waals surface area contributed by atoms with Crippen LogP contribution in [-0.4, -0.2) is 10.6 Å². The molecular weight excluding hydrogens is 222 g/mol. The maximum atomic E-state index is 9.87. The average Bonchev–Trinajstić information content (AvgIpc) is 2.12. The van der Waals surface area contributed by atoms with E-state index in [-0.39, 0.29) is 17.0 Å². The van der Waals surface area contributed by atoms with Crippen LogP contribution in [0.4, 0.5) is 0 Å². The van der Waals surface area contributed by atoms with Crippen molar-refractivity contribution >= 4 is 0 Å². The first kappa shape index (κ1) is 15.0. The van der Waals surface area contributed by atoms with Crippen LogP contribution in [-0.2, 0) is 0 Å². The molecule has 102 valence electrons. The Bertz CT molecular complexity index is 390. The molecule has 1 aromatic carbocycles. The molecule has 1 aromatic rings. The number of nitrogens with one attached hydrogen (secondary N) is 1. The molecule has 2 N–H and O–H groups in total. The third-order valence-electron chi connectivity index (χ3n) is 2.98. The molecule has 18 heavy (non-hydrogen) atoms. The summed E-state index contributed by atoms with van der Waals surface area (Å²) in [5, 5.41) is 13.5. The van der Waals surface area contributed by atoms with Crippen LogP contribution in [0.25, 0.3) is 0 Å². The van der Waals surface area contributed by atoms with Gasteiger partial charge in [0.15, 0.2) is 0 Å². The molecule has 0 saturated carbocycles. The van der Waals surface area contributed by atoms with E-state index >= 15 is 0 Å². The maximum absolute atomic E-state index is 9.87. The molecule has 0 aliphatic heterocycles. The third-order valence-corrected chi connectivity index (χ3v) is 2.98. The van der Waals surface area contributed by atoms with Crippen LogP contribution in [0.2, 0.25) is 0 Å². The molecular formula is C16H27NO. The summed E-state index contributed by atoms with van der Waals surface area (Å²) >= 11 is 0. The zero-order valence-corrected chi connectivity index (χ0v) is 12.5. The summed E-state index contributed by atoms with van der Waals surface area (Å²) in [6.07, 6.45) is 1.08. The van der Waals surface area contributed by atoms with Crippen molar-refractivity contribution in [3.8, 4) is 5.75 Å². The first-order valence-electron chi connectivity index (χ1n) is 6.66. The standard InChI is InChI=1S/C16H27NO/c1-12(13-9-7-8-10-14(13)18)17-16(5,6)11-15(2,3)4/h7-10,12,17-18H,11H2,1-6H3. The van der Waals surface area contributed by atoms with Gasteiger partial charge in [-0.05, 0) is 38.7 Å². The lowest BCUT2D eigenvalue weighted by Gasteiger charge is -2.36. The minimum absolute atomic E-state index is 0.0416. The molecule has 0 spiro atoms. The molecule has 0 saturated heterocycles. The molecule has 0 aliphatic rings. The highest BCUT2D eigenvalue weighted by molar-refractivity contribution is 5.34. The molecule has 2 heteroatoms. The highest BCUT2D eigenvalue weighted by atomic mass is 16.3. The Balaban J connectivity index is 2.76. The lowest BCUT2D eigenvalue weighted by Crippen LogP contribution is -2.43. The Labute approximate surface area is 111 Å². The van der Waals surface area contributed by atoms with Crippen molar-refractivity contribution in [1.82, 2.24) is 5.32 Å². The molecule has 0 aliphatic carbocycles. The van der Waals surface area contributed by atoms with E-state index in [0.29, 0.717) is 5.75 Å². The summed E-state index contributed by atoms with van der Waals surface area (Å²) < 4.78 is 0. The largest absolute Gasteiger partial charge is 0.508 e. The van der Waals surface area contributed by atoms with Gasteiger partial charge >= 0.3 is 0 Å². The number of rotatable bonds is 4. The monoisotopic (exact) mass is 249 g/mol. The van der Waals surface area contributed by atoms with Crippen molar-refractivity contribution in [1.29, 1.82) is 0 Å².